The first-order valence-electron chi connectivity index (χ1n) is 4.85. The molecule has 0 amide bonds. The van der Waals surface area contributed by atoms with Crippen LogP contribution in [0.1, 0.15) is 17.5 Å². The smallest absolute Gasteiger partial charge is 0.0797 e. The number of hydrogen-bond acceptors (Lipinski definition) is 4. The Morgan fingerprint density at radius 3 is 3.00 bits per heavy atom. The summed E-state index contributed by atoms with van der Waals surface area (Å²) in [6.45, 7) is 5.37. The highest BCUT2D eigenvalue weighted by molar-refractivity contribution is 7.98. The molecule has 80 valence electrons. The third-order valence-corrected chi connectivity index (χ3v) is 3.93. The number of rotatable bonds is 6. The van der Waals surface area contributed by atoms with Crippen LogP contribution in [0.4, 0.5) is 0 Å². The minimum absolute atomic E-state index is 0.609. The third-order valence-electron chi connectivity index (χ3n) is 2.11. The average Bonchev–Trinajstić information content (AvgIpc) is 2.52. The minimum Gasteiger partial charge on any atom is -0.313 e. The molecule has 0 saturated carbocycles. The fraction of sp³-hybridized carbons (Fsp3) is 0.700. The van der Waals surface area contributed by atoms with E-state index in [0.29, 0.717) is 6.04 Å². The van der Waals surface area contributed by atoms with Crippen LogP contribution in [-0.4, -0.2) is 29.6 Å². The maximum absolute atomic E-state index is 4.24. The van der Waals surface area contributed by atoms with Crippen LogP contribution in [0.2, 0.25) is 0 Å². The molecule has 1 aromatic heterocycles. The van der Waals surface area contributed by atoms with Crippen molar-refractivity contribution in [3.63, 3.8) is 0 Å². The van der Waals surface area contributed by atoms with E-state index in [9.17, 15) is 0 Å². The lowest BCUT2D eigenvalue weighted by molar-refractivity contribution is 0.598. The third kappa shape index (κ3) is 3.98. The summed E-state index contributed by atoms with van der Waals surface area (Å²) in [6, 6.07) is 0.609. The fourth-order valence-electron chi connectivity index (χ4n) is 1.31. The van der Waals surface area contributed by atoms with Crippen LogP contribution >= 0.6 is 23.1 Å². The van der Waals surface area contributed by atoms with Crippen molar-refractivity contribution in [2.45, 2.75) is 26.3 Å². The van der Waals surface area contributed by atoms with Crippen LogP contribution < -0.4 is 5.32 Å². The van der Waals surface area contributed by atoms with Crippen LogP contribution in [0.3, 0.4) is 0 Å². The monoisotopic (exact) mass is 230 g/mol. The molecule has 1 N–H and O–H groups in total. The van der Waals surface area contributed by atoms with Crippen molar-refractivity contribution in [1.82, 2.24) is 10.3 Å². The molecule has 1 atom stereocenters. The van der Waals surface area contributed by atoms with Gasteiger partial charge in [-0.05, 0) is 26.5 Å². The van der Waals surface area contributed by atoms with Gasteiger partial charge in [0.05, 0.1) is 11.2 Å². The molecule has 1 heterocycles. The number of hydrogen-bond donors (Lipinski definition) is 1. The van der Waals surface area contributed by atoms with Gasteiger partial charge < -0.3 is 5.32 Å². The predicted octanol–water partition coefficient (Wildman–Crippen LogP) is 2.34. The maximum atomic E-state index is 4.24. The zero-order valence-corrected chi connectivity index (χ0v) is 10.7. The molecule has 0 aromatic carbocycles. The molecule has 1 rings (SSSR count). The highest BCUT2D eigenvalue weighted by atomic mass is 32.2. The van der Waals surface area contributed by atoms with Gasteiger partial charge in [0.25, 0.3) is 0 Å². The van der Waals surface area contributed by atoms with E-state index in [1.54, 1.807) is 11.3 Å². The van der Waals surface area contributed by atoms with Crippen LogP contribution in [0.15, 0.2) is 5.51 Å². The summed E-state index contributed by atoms with van der Waals surface area (Å²) < 4.78 is 0. The SMILES string of the molecule is CSCC(C)NCCc1scnc1C. The molecule has 1 unspecified atom stereocenters. The second kappa shape index (κ2) is 6.43. The highest BCUT2D eigenvalue weighted by Crippen LogP contribution is 2.12. The molecule has 0 saturated heterocycles. The van der Waals surface area contributed by atoms with Gasteiger partial charge in [-0.25, -0.2) is 4.98 Å². The first-order chi connectivity index (χ1) is 6.74. The fourth-order valence-corrected chi connectivity index (χ4v) is 2.71. The first kappa shape index (κ1) is 12.0. The van der Waals surface area contributed by atoms with E-state index in [-0.39, 0.29) is 0 Å². The summed E-state index contributed by atoms with van der Waals surface area (Å²) in [4.78, 5) is 5.65. The molecule has 2 nitrogen and oxygen atoms in total. The lowest BCUT2D eigenvalue weighted by Gasteiger charge is -2.11. The zero-order chi connectivity index (χ0) is 10.4. The van der Waals surface area contributed by atoms with Gasteiger partial charge in [-0.15, -0.1) is 11.3 Å². The first-order valence-corrected chi connectivity index (χ1v) is 7.12. The van der Waals surface area contributed by atoms with E-state index in [1.807, 2.05) is 17.3 Å². The molecule has 0 spiro atoms. The van der Waals surface area contributed by atoms with Gasteiger partial charge >= 0.3 is 0 Å². The Balaban J connectivity index is 2.19. The quantitative estimate of drug-likeness (QED) is 0.812. The number of nitrogens with zero attached hydrogens (tertiary/aromatic N) is 1. The lowest BCUT2D eigenvalue weighted by atomic mass is 10.3. The summed E-state index contributed by atoms with van der Waals surface area (Å²) in [7, 11) is 0. The van der Waals surface area contributed by atoms with Crippen LogP contribution in [0.5, 0.6) is 0 Å². The molecule has 0 aliphatic rings. The molecule has 0 bridgehead atoms. The number of thioether (sulfide) groups is 1. The van der Waals surface area contributed by atoms with Gasteiger partial charge in [0.15, 0.2) is 0 Å². The lowest BCUT2D eigenvalue weighted by Crippen LogP contribution is -2.29. The summed E-state index contributed by atoms with van der Waals surface area (Å²) in [6.07, 6.45) is 3.25. The zero-order valence-electron chi connectivity index (χ0n) is 9.04. The largest absolute Gasteiger partial charge is 0.313 e. The molecule has 14 heavy (non-hydrogen) atoms. The van der Waals surface area contributed by atoms with Crippen molar-refractivity contribution in [1.29, 1.82) is 0 Å². The molecule has 4 heteroatoms. The second-order valence-electron chi connectivity index (χ2n) is 3.42. The summed E-state index contributed by atoms with van der Waals surface area (Å²) in [5.41, 5.74) is 3.12. The van der Waals surface area contributed by atoms with Crippen molar-refractivity contribution in [3.8, 4) is 0 Å². The molecular formula is C10H18N2S2. The minimum atomic E-state index is 0.609. The molecule has 0 radical (unpaired) electrons. The van der Waals surface area contributed by atoms with Gasteiger partial charge in [0, 0.05) is 23.2 Å². The Morgan fingerprint density at radius 2 is 2.43 bits per heavy atom. The van der Waals surface area contributed by atoms with E-state index < -0.39 is 0 Å². The van der Waals surface area contributed by atoms with E-state index in [4.69, 9.17) is 0 Å². The van der Waals surface area contributed by atoms with Gasteiger partial charge in [-0.1, -0.05) is 0 Å². The number of aryl methyl sites for hydroxylation is 1. The van der Waals surface area contributed by atoms with Crippen molar-refractivity contribution in [2.75, 3.05) is 18.6 Å². The second-order valence-corrected chi connectivity index (χ2v) is 5.27. The topological polar surface area (TPSA) is 24.9 Å². The Hall–Kier alpha value is -0.0600. The van der Waals surface area contributed by atoms with E-state index in [1.165, 1.54) is 16.3 Å². The average molecular weight is 230 g/mol. The molecule has 0 aliphatic heterocycles. The van der Waals surface area contributed by atoms with Crippen molar-refractivity contribution < 1.29 is 0 Å². The highest BCUT2D eigenvalue weighted by Gasteiger charge is 2.02. The van der Waals surface area contributed by atoms with Crippen molar-refractivity contribution >= 4 is 23.1 Å². The standard InChI is InChI=1S/C10H18N2S2/c1-8(6-13-3)11-5-4-10-9(2)12-7-14-10/h7-8,11H,4-6H2,1-3H3. The number of thiazole rings is 1. The Labute approximate surface area is 94.5 Å². The van der Waals surface area contributed by atoms with Crippen LogP contribution in [0, 0.1) is 6.92 Å². The Bertz CT molecular complexity index is 260. The molecular weight excluding hydrogens is 212 g/mol. The molecule has 1 aromatic rings. The van der Waals surface area contributed by atoms with Gasteiger partial charge in [-0.2, -0.15) is 11.8 Å². The van der Waals surface area contributed by atoms with E-state index in [0.717, 1.165) is 13.0 Å². The molecule has 0 fully saturated rings. The molecule has 0 aliphatic carbocycles. The predicted molar refractivity (Wildman–Crippen MR) is 66.4 cm³/mol. The van der Waals surface area contributed by atoms with E-state index >= 15 is 0 Å². The summed E-state index contributed by atoms with van der Waals surface area (Å²) in [5, 5.41) is 3.51. The number of nitrogens with one attached hydrogen (secondary N) is 1. The van der Waals surface area contributed by atoms with Crippen LogP contribution in [0.25, 0.3) is 0 Å². The van der Waals surface area contributed by atoms with Crippen LogP contribution in [-0.2, 0) is 6.42 Å². The summed E-state index contributed by atoms with van der Waals surface area (Å²) in [5.74, 6) is 1.18. The number of aromatic nitrogens is 1. The summed E-state index contributed by atoms with van der Waals surface area (Å²) >= 11 is 3.65. The van der Waals surface area contributed by atoms with Crippen molar-refractivity contribution in [2.24, 2.45) is 0 Å². The Kier molecular flexibility index (Phi) is 5.52. The maximum Gasteiger partial charge on any atom is 0.0797 e. The van der Waals surface area contributed by atoms with Crippen molar-refractivity contribution in [3.05, 3.63) is 16.1 Å². The Morgan fingerprint density at radius 1 is 1.64 bits per heavy atom. The van der Waals surface area contributed by atoms with E-state index in [2.05, 4.69) is 30.4 Å². The normalized spacial score (nSPS) is 13.1. The van der Waals surface area contributed by atoms with Gasteiger partial charge in [0.1, 0.15) is 0 Å². The van der Waals surface area contributed by atoms with Gasteiger partial charge in [-0.3, -0.25) is 0 Å². The van der Waals surface area contributed by atoms with Gasteiger partial charge in [0.2, 0.25) is 0 Å².